The van der Waals surface area contributed by atoms with Gasteiger partial charge >= 0.3 is 8.80 Å². The Kier molecular flexibility index (Phi) is 9.13. The first-order chi connectivity index (χ1) is 27.0. The predicted octanol–water partition coefficient (Wildman–Crippen LogP) is 13.6. The Morgan fingerprint density at radius 2 is 0.873 bits per heavy atom. The Hall–Kier alpha value is -6.22. The summed E-state index contributed by atoms with van der Waals surface area (Å²) >= 11 is 0. The highest BCUT2D eigenvalue weighted by molar-refractivity contribution is 6.73. The van der Waals surface area contributed by atoms with Gasteiger partial charge in [-0.15, -0.1) is 0 Å². The normalized spacial score (nSPS) is 14.3. The van der Waals surface area contributed by atoms with Gasteiger partial charge in [0.25, 0.3) is 0 Å². The van der Waals surface area contributed by atoms with E-state index in [2.05, 4.69) is 232 Å². The third-order valence-corrected chi connectivity index (χ3v) is 14.6. The van der Waals surface area contributed by atoms with Crippen LogP contribution in [-0.4, -0.2) is 8.80 Å². The Labute approximate surface area is 327 Å². The highest BCUT2D eigenvalue weighted by Gasteiger charge is 2.47. The Morgan fingerprint density at radius 1 is 0.418 bits per heavy atom. The van der Waals surface area contributed by atoms with Crippen molar-refractivity contribution in [1.29, 1.82) is 0 Å². The lowest BCUT2D eigenvalue weighted by molar-refractivity contribution is 0.769. The minimum atomic E-state index is -0.654. The lowest BCUT2D eigenvalue weighted by Gasteiger charge is -2.34. The molecule has 1 atom stereocenters. The smallest absolute Gasteiger partial charge is 0.310 e. The molecule has 2 heteroatoms. The summed E-state index contributed by atoms with van der Waals surface area (Å²) in [5.74, 6) is 0. The van der Waals surface area contributed by atoms with Gasteiger partial charge < -0.3 is 4.90 Å². The molecule has 264 valence electrons. The Morgan fingerprint density at radius 3 is 1.42 bits per heavy atom. The van der Waals surface area contributed by atoms with E-state index in [1.807, 2.05) is 0 Å². The zero-order chi connectivity index (χ0) is 37.4. The maximum absolute atomic E-state index is 2.46. The van der Waals surface area contributed by atoms with Crippen LogP contribution in [0.5, 0.6) is 0 Å². The number of benzene rings is 8. The molecule has 55 heavy (non-hydrogen) atoms. The van der Waals surface area contributed by atoms with Gasteiger partial charge in [0.15, 0.2) is 0 Å². The second-order valence-electron chi connectivity index (χ2n) is 14.9. The van der Waals surface area contributed by atoms with Gasteiger partial charge in [0.05, 0.1) is 28.4 Å². The van der Waals surface area contributed by atoms with E-state index in [9.17, 15) is 0 Å². The van der Waals surface area contributed by atoms with E-state index >= 15 is 0 Å². The van der Waals surface area contributed by atoms with Crippen molar-refractivity contribution in [2.24, 2.45) is 0 Å². The van der Waals surface area contributed by atoms with Gasteiger partial charge in [-0.2, -0.15) is 0 Å². The van der Waals surface area contributed by atoms with Crippen molar-refractivity contribution in [2.75, 3.05) is 4.90 Å². The standard InChI is InChI=1S/C53H44NSi/c1-38(2)55(3)47-36-30-44(31-37-47)53(43-20-11-6-12-21-43)49-23-14-13-22-48(49)52-50(53)24-15-25-51(52)54(45-32-26-41(27-33-45)39-16-7-4-8-17-39)46-34-28-42(29-35-46)40-18-9-5-10-19-40/h4-38H,1-3H3/q+1. The zero-order valence-corrected chi connectivity index (χ0v) is 32.7. The SMILES string of the molecule is CC(C)[Si+](C)c1ccc(C2(c3ccccc3)c3ccccc3-c3c(N(c4ccc(-c5ccccc5)cc4)c4ccc(-c5ccccc5)cc4)cccc32)cc1. The molecule has 9 rings (SSSR count). The van der Waals surface area contributed by atoms with Crippen LogP contribution in [0, 0.1) is 0 Å². The van der Waals surface area contributed by atoms with Crippen LogP contribution in [0.4, 0.5) is 17.1 Å². The van der Waals surface area contributed by atoms with Crippen LogP contribution in [0.3, 0.4) is 0 Å². The van der Waals surface area contributed by atoms with E-state index in [1.165, 1.54) is 60.8 Å². The number of anilines is 3. The molecule has 0 aliphatic heterocycles. The van der Waals surface area contributed by atoms with Crippen LogP contribution < -0.4 is 10.1 Å². The van der Waals surface area contributed by atoms with Gasteiger partial charge in [0.2, 0.25) is 0 Å². The molecular formula is C53H44NSi+. The van der Waals surface area contributed by atoms with E-state index < -0.39 is 14.2 Å². The van der Waals surface area contributed by atoms with E-state index in [1.54, 1.807) is 0 Å². The molecule has 1 nitrogen and oxygen atoms in total. The topological polar surface area (TPSA) is 3.24 Å². The van der Waals surface area contributed by atoms with Gasteiger partial charge in [-0.3, -0.25) is 0 Å². The molecule has 0 radical (unpaired) electrons. The molecule has 1 unspecified atom stereocenters. The van der Waals surface area contributed by atoms with Crippen LogP contribution >= 0.6 is 0 Å². The molecule has 8 aromatic rings. The molecule has 0 fully saturated rings. The van der Waals surface area contributed by atoms with Crippen LogP contribution in [0.15, 0.2) is 206 Å². The number of rotatable bonds is 9. The molecule has 8 aromatic carbocycles. The highest BCUT2D eigenvalue weighted by Crippen LogP contribution is 2.59. The van der Waals surface area contributed by atoms with Gasteiger partial charge in [0, 0.05) is 16.9 Å². The van der Waals surface area contributed by atoms with Gasteiger partial charge in [-0.1, -0.05) is 164 Å². The van der Waals surface area contributed by atoms with Crippen LogP contribution in [-0.2, 0) is 5.41 Å². The van der Waals surface area contributed by atoms with E-state index in [-0.39, 0.29) is 0 Å². The quantitative estimate of drug-likeness (QED) is 0.134. The summed E-state index contributed by atoms with van der Waals surface area (Å²) in [5, 5.41) is 1.48. The predicted molar refractivity (Wildman–Crippen MR) is 236 cm³/mol. The zero-order valence-electron chi connectivity index (χ0n) is 31.7. The van der Waals surface area contributed by atoms with Gasteiger partial charge in [-0.25, -0.2) is 0 Å². The third-order valence-electron chi connectivity index (χ3n) is 11.6. The van der Waals surface area contributed by atoms with E-state index in [4.69, 9.17) is 0 Å². The summed E-state index contributed by atoms with van der Waals surface area (Å²) < 4.78 is 0. The van der Waals surface area contributed by atoms with Crippen LogP contribution in [0.1, 0.15) is 36.1 Å². The first kappa shape index (κ1) is 34.5. The summed E-state index contributed by atoms with van der Waals surface area (Å²) in [6.45, 7) is 7.15. The third kappa shape index (κ3) is 6.04. The fourth-order valence-corrected chi connectivity index (χ4v) is 9.94. The van der Waals surface area contributed by atoms with Crippen molar-refractivity contribution in [3.63, 3.8) is 0 Å². The van der Waals surface area contributed by atoms with Crippen LogP contribution in [0.2, 0.25) is 12.1 Å². The second-order valence-corrected chi connectivity index (χ2v) is 18.0. The van der Waals surface area contributed by atoms with Crippen molar-refractivity contribution in [3.8, 4) is 33.4 Å². The molecule has 1 aliphatic rings. The monoisotopic (exact) mass is 722 g/mol. The molecule has 0 saturated carbocycles. The fourth-order valence-electron chi connectivity index (χ4n) is 8.58. The lowest BCUT2D eigenvalue weighted by atomic mass is 9.67. The van der Waals surface area contributed by atoms with E-state index in [0.29, 0.717) is 5.54 Å². The minimum absolute atomic E-state index is 0.486. The fraction of sp³-hybridized carbons (Fsp3) is 0.0943. The number of hydrogen-bond donors (Lipinski definition) is 0. The van der Waals surface area contributed by atoms with Crippen molar-refractivity contribution >= 4 is 31.0 Å². The molecule has 0 spiro atoms. The molecule has 0 saturated heterocycles. The van der Waals surface area contributed by atoms with Crippen LogP contribution in [0.25, 0.3) is 33.4 Å². The summed E-state index contributed by atoms with van der Waals surface area (Å²) in [7, 11) is -0.654. The lowest BCUT2D eigenvalue weighted by Crippen LogP contribution is -2.32. The Balaban J connectivity index is 1.28. The minimum Gasteiger partial charge on any atom is -0.310 e. The number of nitrogens with zero attached hydrogens (tertiary/aromatic N) is 1. The molecule has 0 bridgehead atoms. The molecule has 1 aliphatic carbocycles. The Bertz CT molecular complexity index is 2460. The first-order valence-corrected chi connectivity index (χ1v) is 21.5. The second kappa shape index (κ2) is 14.5. The maximum atomic E-state index is 2.46. The van der Waals surface area contributed by atoms with Crippen molar-refractivity contribution in [2.45, 2.75) is 31.4 Å². The summed E-state index contributed by atoms with van der Waals surface area (Å²) in [6, 6.07) is 76.2. The summed E-state index contributed by atoms with van der Waals surface area (Å²) in [4.78, 5) is 2.46. The average molecular weight is 723 g/mol. The molecule has 0 amide bonds. The largest absolute Gasteiger partial charge is 0.351 e. The molecule has 0 aromatic heterocycles. The van der Waals surface area contributed by atoms with Gasteiger partial charge in [-0.05, 0) is 106 Å². The molecule has 0 heterocycles. The summed E-state index contributed by atoms with van der Waals surface area (Å²) in [5.41, 5.74) is 16.2. The molecular weight excluding hydrogens is 679 g/mol. The number of fused-ring (bicyclic) bond motifs is 3. The van der Waals surface area contributed by atoms with Gasteiger partial charge in [0.1, 0.15) is 0 Å². The maximum Gasteiger partial charge on any atom is 0.351 e. The number of hydrogen-bond acceptors (Lipinski definition) is 1. The average Bonchev–Trinajstić information content (AvgIpc) is 3.56. The van der Waals surface area contributed by atoms with Crippen molar-refractivity contribution in [3.05, 3.63) is 229 Å². The summed E-state index contributed by atoms with van der Waals surface area (Å²) in [6.07, 6.45) is 0. The van der Waals surface area contributed by atoms with Crippen molar-refractivity contribution in [1.82, 2.24) is 0 Å². The highest BCUT2D eigenvalue weighted by atomic mass is 28.3. The first-order valence-electron chi connectivity index (χ1n) is 19.4. The van der Waals surface area contributed by atoms with E-state index in [0.717, 1.165) is 17.1 Å². The van der Waals surface area contributed by atoms with Crippen molar-refractivity contribution < 1.29 is 0 Å². The molecule has 0 N–H and O–H groups in total.